The number of benzene rings is 1. The molecule has 2 unspecified atom stereocenters. The van der Waals surface area contributed by atoms with Crippen LogP contribution in [0.4, 0.5) is 4.79 Å². The van der Waals surface area contributed by atoms with Gasteiger partial charge in [0.15, 0.2) is 0 Å². The van der Waals surface area contributed by atoms with Gasteiger partial charge in [0.25, 0.3) is 0 Å². The summed E-state index contributed by atoms with van der Waals surface area (Å²) < 4.78 is 1.92. The van der Waals surface area contributed by atoms with E-state index in [4.69, 9.17) is 0 Å². The summed E-state index contributed by atoms with van der Waals surface area (Å²) in [5.74, 6) is 0.806. The summed E-state index contributed by atoms with van der Waals surface area (Å²) in [6, 6.07) is 9.54. The van der Waals surface area contributed by atoms with Gasteiger partial charge in [0, 0.05) is 25.5 Å². The van der Waals surface area contributed by atoms with Gasteiger partial charge in [-0.25, -0.2) is 9.78 Å². The van der Waals surface area contributed by atoms with E-state index in [1.54, 1.807) is 6.20 Å². The smallest absolute Gasteiger partial charge is 0.315 e. The summed E-state index contributed by atoms with van der Waals surface area (Å²) in [7, 11) is 1.92. The topological polar surface area (TPSA) is 59.0 Å². The minimum Gasteiger partial charge on any atom is -0.336 e. The molecule has 112 valence electrons. The van der Waals surface area contributed by atoms with Gasteiger partial charge in [0.05, 0.1) is 0 Å². The molecule has 5 heteroatoms. The first-order chi connectivity index (χ1) is 10.1. The van der Waals surface area contributed by atoms with Gasteiger partial charge < -0.3 is 15.2 Å². The number of carbonyl (C=O) groups excluding carboxylic acids is 1. The Kier molecular flexibility index (Phi) is 4.98. The van der Waals surface area contributed by atoms with Gasteiger partial charge in [-0.15, -0.1) is 0 Å². The first kappa shape index (κ1) is 15.1. The lowest BCUT2D eigenvalue weighted by molar-refractivity contribution is 0.234. The quantitative estimate of drug-likeness (QED) is 0.887. The third-order valence-corrected chi connectivity index (χ3v) is 3.51. The van der Waals surface area contributed by atoms with E-state index in [9.17, 15) is 4.79 Å². The Balaban J connectivity index is 2.22. The molecule has 0 aliphatic rings. The molecule has 2 rings (SSSR count). The molecular weight excluding hydrogens is 264 g/mol. The number of aryl methyl sites for hydroxylation is 1. The number of urea groups is 1. The van der Waals surface area contributed by atoms with Gasteiger partial charge in [0.1, 0.15) is 11.9 Å². The highest BCUT2D eigenvalue weighted by Gasteiger charge is 2.20. The molecule has 0 radical (unpaired) electrons. The monoisotopic (exact) mass is 286 g/mol. The van der Waals surface area contributed by atoms with E-state index in [-0.39, 0.29) is 18.1 Å². The number of rotatable bonds is 5. The van der Waals surface area contributed by atoms with Crippen molar-refractivity contribution >= 4 is 6.03 Å². The molecule has 2 atom stereocenters. The van der Waals surface area contributed by atoms with Gasteiger partial charge in [-0.1, -0.05) is 37.3 Å². The lowest BCUT2D eigenvalue weighted by Gasteiger charge is -2.21. The molecule has 2 N–H and O–H groups in total. The van der Waals surface area contributed by atoms with Crippen LogP contribution in [0.3, 0.4) is 0 Å². The standard InChI is InChI=1S/C16H22N4O/c1-4-12(2)18-16(21)19-14(13-8-6-5-7-9-13)15-17-10-11-20(15)3/h5-12,14H,4H2,1-3H3,(H2,18,19,21). The number of nitrogens with one attached hydrogen (secondary N) is 2. The average molecular weight is 286 g/mol. The van der Waals surface area contributed by atoms with E-state index < -0.39 is 0 Å². The summed E-state index contributed by atoms with van der Waals surface area (Å²) in [6.07, 6.45) is 4.50. The zero-order valence-electron chi connectivity index (χ0n) is 12.7. The summed E-state index contributed by atoms with van der Waals surface area (Å²) in [4.78, 5) is 16.5. The fourth-order valence-electron chi connectivity index (χ4n) is 2.10. The van der Waals surface area contributed by atoms with Crippen molar-refractivity contribution in [2.45, 2.75) is 32.4 Å². The van der Waals surface area contributed by atoms with Crippen molar-refractivity contribution in [2.24, 2.45) is 7.05 Å². The second-order valence-corrected chi connectivity index (χ2v) is 5.17. The predicted octanol–water partition coefficient (Wildman–Crippen LogP) is 2.61. The third kappa shape index (κ3) is 3.84. The van der Waals surface area contributed by atoms with Crippen LogP contribution in [-0.2, 0) is 7.05 Å². The van der Waals surface area contributed by atoms with Crippen molar-refractivity contribution in [3.05, 3.63) is 54.1 Å². The van der Waals surface area contributed by atoms with Crippen LogP contribution in [-0.4, -0.2) is 21.6 Å². The molecule has 0 saturated heterocycles. The molecule has 5 nitrogen and oxygen atoms in total. The van der Waals surface area contributed by atoms with E-state index in [2.05, 4.69) is 15.6 Å². The molecule has 0 bridgehead atoms. The van der Waals surface area contributed by atoms with Crippen LogP contribution >= 0.6 is 0 Å². The van der Waals surface area contributed by atoms with Gasteiger partial charge in [0.2, 0.25) is 0 Å². The van der Waals surface area contributed by atoms with Crippen LogP contribution in [0.2, 0.25) is 0 Å². The number of amides is 2. The van der Waals surface area contributed by atoms with Crippen molar-refractivity contribution in [2.75, 3.05) is 0 Å². The average Bonchev–Trinajstić information content (AvgIpc) is 2.91. The van der Waals surface area contributed by atoms with Crippen LogP contribution in [0.25, 0.3) is 0 Å². The van der Waals surface area contributed by atoms with Crippen LogP contribution in [0.1, 0.15) is 37.7 Å². The van der Waals surface area contributed by atoms with Crippen LogP contribution in [0.5, 0.6) is 0 Å². The molecule has 0 fully saturated rings. The Morgan fingerprint density at radius 2 is 2.00 bits per heavy atom. The fraction of sp³-hybridized carbons (Fsp3) is 0.375. The number of carbonyl (C=O) groups is 1. The number of imidazole rings is 1. The number of nitrogens with zero attached hydrogens (tertiary/aromatic N) is 2. The molecule has 0 spiro atoms. The molecule has 0 aliphatic carbocycles. The Morgan fingerprint density at radius 3 is 2.57 bits per heavy atom. The Morgan fingerprint density at radius 1 is 1.29 bits per heavy atom. The zero-order chi connectivity index (χ0) is 15.2. The SMILES string of the molecule is CCC(C)NC(=O)NC(c1ccccc1)c1nccn1C. The minimum atomic E-state index is -0.268. The highest BCUT2D eigenvalue weighted by Crippen LogP contribution is 2.19. The normalized spacial score (nSPS) is 13.5. The van der Waals surface area contributed by atoms with Gasteiger partial charge >= 0.3 is 6.03 Å². The van der Waals surface area contributed by atoms with E-state index in [0.29, 0.717) is 0 Å². The molecule has 2 aromatic rings. The summed E-state index contributed by atoms with van der Waals surface area (Å²) in [6.45, 7) is 4.02. The number of hydrogen-bond acceptors (Lipinski definition) is 2. The lowest BCUT2D eigenvalue weighted by atomic mass is 10.1. The van der Waals surface area contributed by atoms with Crippen LogP contribution in [0.15, 0.2) is 42.7 Å². The Hall–Kier alpha value is -2.30. The maximum Gasteiger partial charge on any atom is 0.315 e. The highest BCUT2D eigenvalue weighted by molar-refractivity contribution is 5.75. The summed E-state index contributed by atoms with van der Waals surface area (Å²) in [5.41, 5.74) is 1.01. The maximum absolute atomic E-state index is 12.1. The van der Waals surface area contributed by atoms with Crippen molar-refractivity contribution in [1.82, 2.24) is 20.2 Å². The van der Waals surface area contributed by atoms with E-state index in [0.717, 1.165) is 17.8 Å². The molecule has 21 heavy (non-hydrogen) atoms. The van der Waals surface area contributed by atoms with Crippen LogP contribution < -0.4 is 10.6 Å². The van der Waals surface area contributed by atoms with Crippen molar-refractivity contribution in [1.29, 1.82) is 0 Å². The first-order valence-electron chi connectivity index (χ1n) is 7.21. The van der Waals surface area contributed by atoms with E-state index in [1.165, 1.54) is 0 Å². The van der Waals surface area contributed by atoms with E-state index >= 15 is 0 Å². The first-order valence-corrected chi connectivity index (χ1v) is 7.21. The van der Waals surface area contributed by atoms with Gasteiger partial charge in [-0.05, 0) is 18.9 Å². The second kappa shape index (κ2) is 6.92. The predicted molar refractivity (Wildman–Crippen MR) is 82.9 cm³/mol. The molecule has 0 saturated carbocycles. The van der Waals surface area contributed by atoms with E-state index in [1.807, 2.05) is 62.0 Å². The molecule has 1 aromatic carbocycles. The van der Waals surface area contributed by atoms with Crippen molar-refractivity contribution < 1.29 is 4.79 Å². The summed E-state index contributed by atoms with van der Waals surface area (Å²) >= 11 is 0. The van der Waals surface area contributed by atoms with Gasteiger partial charge in [-0.3, -0.25) is 0 Å². The summed E-state index contributed by atoms with van der Waals surface area (Å²) in [5, 5.41) is 5.93. The van der Waals surface area contributed by atoms with Crippen molar-refractivity contribution in [3.8, 4) is 0 Å². The number of hydrogen-bond donors (Lipinski definition) is 2. The molecule has 2 amide bonds. The van der Waals surface area contributed by atoms with Gasteiger partial charge in [-0.2, -0.15) is 0 Å². The fourth-order valence-corrected chi connectivity index (χ4v) is 2.10. The van der Waals surface area contributed by atoms with Crippen LogP contribution in [0, 0.1) is 0 Å². The molecule has 1 aromatic heterocycles. The lowest BCUT2D eigenvalue weighted by Crippen LogP contribution is -2.43. The van der Waals surface area contributed by atoms with Crippen molar-refractivity contribution in [3.63, 3.8) is 0 Å². The Labute approximate surface area is 125 Å². The largest absolute Gasteiger partial charge is 0.336 e. The Bertz CT molecular complexity index is 579. The number of aromatic nitrogens is 2. The second-order valence-electron chi connectivity index (χ2n) is 5.17. The highest BCUT2D eigenvalue weighted by atomic mass is 16.2. The molecular formula is C16H22N4O. The minimum absolute atomic E-state index is 0.141. The molecule has 1 heterocycles. The maximum atomic E-state index is 12.1. The molecule has 0 aliphatic heterocycles. The third-order valence-electron chi connectivity index (χ3n) is 3.51. The zero-order valence-corrected chi connectivity index (χ0v) is 12.7.